The van der Waals surface area contributed by atoms with Crippen LogP contribution in [0, 0.1) is 0 Å². The Morgan fingerprint density at radius 3 is 2.42 bits per heavy atom. The Bertz CT molecular complexity index is 850. The van der Waals surface area contributed by atoms with Gasteiger partial charge in [-0.2, -0.15) is 0 Å². The number of hydrogen-bond donors (Lipinski definition) is 3. The van der Waals surface area contributed by atoms with Crippen molar-refractivity contribution in [3.05, 3.63) is 108 Å². The second-order valence-electron chi connectivity index (χ2n) is 8.01. The summed E-state index contributed by atoms with van der Waals surface area (Å²) in [6.07, 6.45) is 31.3. The molecule has 0 bridgehead atoms. The molecule has 3 atom stereocenters. The lowest BCUT2D eigenvalue weighted by Gasteiger charge is -2.14. The molecule has 1 aliphatic rings. The molecule has 1 aliphatic heterocycles. The van der Waals surface area contributed by atoms with Crippen LogP contribution in [0.3, 0.4) is 0 Å². The van der Waals surface area contributed by atoms with Crippen molar-refractivity contribution in [1.29, 1.82) is 0 Å². The summed E-state index contributed by atoms with van der Waals surface area (Å²) in [5.41, 5.74) is 1.83. The second-order valence-corrected chi connectivity index (χ2v) is 8.01. The van der Waals surface area contributed by atoms with E-state index in [2.05, 4.69) is 36.5 Å². The fourth-order valence-electron chi connectivity index (χ4n) is 2.92. The highest BCUT2D eigenvalue weighted by atomic mass is 16.3. The Hall–Kier alpha value is -2.95. The molecule has 0 aromatic rings. The van der Waals surface area contributed by atoms with E-state index < -0.39 is 12.2 Å². The van der Waals surface area contributed by atoms with Gasteiger partial charge in [-0.25, -0.2) is 0 Å². The third-order valence-corrected chi connectivity index (χ3v) is 4.80. The van der Waals surface area contributed by atoms with Gasteiger partial charge in [0.25, 0.3) is 0 Å². The van der Waals surface area contributed by atoms with Crippen LogP contribution in [-0.2, 0) is 4.79 Å². The molecule has 0 aromatic heterocycles. The maximum absolute atomic E-state index is 12.4. The lowest BCUT2D eigenvalue weighted by molar-refractivity contribution is -0.117. The van der Waals surface area contributed by atoms with Gasteiger partial charge < -0.3 is 15.5 Å². The van der Waals surface area contributed by atoms with Crippen LogP contribution >= 0.6 is 0 Å². The van der Waals surface area contributed by atoms with Gasteiger partial charge in [-0.3, -0.25) is 4.79 Å². The first kappa shape index (κ1) is 28.1. The van der Waals surface area contributed by atoms with Gasteiger partial charge in [0.05, 0.1) is 0 Å². The van der Waals surface area contributed by atoms with E-state index in [0.717, 1.165) is 36.8 Å². The van der Waals surface area contributed by atoms with Crippen LogP contribution in [0.25, 0.3) is 0 Å². The minimum absolute atomic E-state index is 0.00533. The maximum Gasteiger partial charge on any atom is 0.244 e. The van der Waals surface area contributed by atoms with Crippen LogP contribution in [0.5, 0.6) is 0 Å². The normalized spacial score (nSPS) is 23.7. The summed E-state index contributed by atoms with van der Waals surface area (Å²) in [4.78, 5) is 12.4. The van der Waals surface area contributed by atoms with Crippen LogP contribution in [0.15, 0.2) is 108 Å². The van der Waals surface area contributed by atoms with Crippen molar-refractivity contribution in [3.8, 4) is 0 Å². The number of carbonyl (C=O) groups excluding carboxylic acids is 1. The third-order valence-electron chi connectivity index (χ3n) is 4.80. The Morgan fingerprint density at radius 2 is 1.64 bits per heavy atom. The van der Waals surface area contributed by atoms with Crippen molar-refractivity contribution >= 4 is 5.91 Å². The number of rotatable bonds is 5. The molecule has 3 N–H and O–H groups in total. The first-order valence-electron chi connectivity index (χ1n) is 11.6. The monoisotopic (exact) mass is 449 g/mol. The maximum atomic E-state index is 12.4. The van der Waals surface area contributed by atoms with Gasteiger partial charge in [-0.1, -0.05) is 116 Å². The highest BCUT2D eigenvalue weighted by Crippen LogP contribution is 2.06. The van der Waals surface area contributed by atoms with E-state index in [1.807, 2.05) is 44.2 Å². The largest absolute Gasteiger partial charge is 0.386 e. The summed E-state index contributed by atoms with van der Waals surface area (Å²) in [5.74, 6) is -0.153. The summed E-state index contributed by atoms with van der Waals surface area (Å²) in [7, 11) is 0. The quantitative estimate of drug-likeness (QED) is 0.480. The predicted octanol–water partition coefficient (Wildman–Crippen LogP) is 5.57. The van der Waals surface area contributed by atoms with Gasteiger partial charge in [0.15, 0.2) is 0 Å². The molecule has 4 heteroatoms. The topological polar surface area (TPSA) is 69.6 Å². The molecule has 0 aliphatic carbocycles. The van der Waals surface area contributed by atoms with Crippen LogP contribution in [-0.4, -0.2) is 34.4 Å². The lowest BCUT2D eigenvalue weighted by Crippen LogP contribution is -2.32. The number of aliphatic hydroxyl groups is 2. The first-order valence-corrected chi connectivity index (χ1v) is 11.6. The minimum atomic E-state index is -1.01. The average Bonchev–Trinajstić information content (AvgIpc) is 2.78. The number of amides is 1. The van der Waals surface area contributed by atoms with Gasteiger partial charge >= 0.3 is 0 Å². The van der Waals surface area contributed by atoms with E-state index in [1.165, 1.54) is 6.08 Å². The SMILES string of the molecule is CCCC=CC=CCC1CC=CC=C(C)C=CC=CC(O)C(O)C=C(C)C=CC=CC(=O)N1. The highest BCUT2D eigenvalue weighted by Gasteiger charge is 2.09. The van der Waals surface area contributed by atoms with Crippen LogP contribution in [0.2, 0.25) is 0 Å². The second kappa shape index (κ2) is 17.6. The number of nitrogens with one attached hydrogen (secondary N) is 1. The van der Waals surface area contributed by atoms with E-state index >= 15 is 0 Å². The highest BCUT2D eigenvalue weighted by molar-refractivity contribution is 5.88. The van der Waals surface area contributed by atoms with E-state index in [-0.39, 0.29) is 11.9 Å². The van der Waals surface area contributed by atoms with Crippen molar-refractivity contribution < 1.29 is 15.0 Å². The van der Waals surface area contributed by atoms with E-state index in [0.29, 0.717) is 0 Å². The van der Waals surface area contributed by atoms with Gasteiger partial charge in [0.2, 0.25) is 5.91 Å². The Morgan fingerprint density at radius 1 is 0.939 bits per heavy atom. The van der Waals surface area contributed by atoms with E-state index in [1.54, 1.807) is 36.5 Å². The molecule has 0 aromatic carbocycles. The van der Waals surface area contributed by atoms with Gasteiger partial charge in [0, 0.05) is 12.1 Å². The molecular formula is C29H39NO3. The van der Waals surface area contributed by atoms with E-state index in [9.17, 15) is 15.0 Å². The minimum Gasteiger partial charge on any atom is -0.386 e. The fraction of sp³-hybridized carbons (Fsp3) is 0.345. The molecule has 3 unspecified atom stereocenters. The third kappa shape index (κ3) is 14.7. The predicted molar refractivity (Wildman–Crippen MR) is 140 cm³/mol. The number of allylic oxidation sites excluding steroid dienone is 13. The van der Waals surface area contributed by atoms with Crippen molar-refractivity contribution in [1.82, 2.24) is 5.32 Å². The van der Waals surface area contributed by atoms with Crippen LogP contribution in [0.4, 0.5) is 0 Å². The van der Waals surface area contributed by atoms with Gasteiger partial charge in [0.1, 0.15) is 12.2 Å². The molecule has 0 spiro atoms. The first-order chi connectivity index (χ1) is 15.9. The molecule has 4 nitrogen and oxygen atoms in total. The fourth-order valence-corrected chi connectivity index (χ4v) is 2.92. The molecular weight excluding hydrogens is 410 g/mol. The molecule has 1 heterocycles. The van der Waals surface area contributed by atoms with Crippen LogP contribution < -0.4 is 5.32 Å². The average molecular weight is 450 g/mol. The Balaban J connectivity index is 2.99. The number of aliphatic hydroxyl groups excluding tert-OH is 2. The van der Waals surface area contributed by atoms with Crippen molar-refractivity contribution in [2.45, 2.75) is 64.7 Å². The zero-order valence-corrected chi connectivity index (χ0v) is 20.1. The van der Waals surface area contributed by atoms with E-state index in [4.69, 9.17) is 0 Å². The zero-order valence-electron chi connectivity index (χ0n) is 20.1. The molecule has 0 saturated carbocycles. The summed E-state index contributed by atoms with van der Waals surface area (Å²) >= 11 is 0. The Labute approximate surface area is 199 Å². The van der Waals surface area contributed by atoms with Gasteiger partial charge in [-0.15, -0.1) is 0 Å². The molecule has 178 valence electrons. The summed E-state index contributed by atoms with van der Waals surface area (Å²) in [6, 6.07) is -0.00533. The molecule has 0 saturated heterocycles. The summed E-state index contributed by atoms with van der Waals surface area (Å²) in [5, 5.41) is 23.2. The van der Waals surface area contributed by atoms with Gasteiger partial charge in [-0.05, 0) is 33.1 Å². The summed E-state index contributed by atoms with van der Waals surface area (Å²) in [6.45, 7) is 5.96. The number of carbonyl (C=O) groups is 1. The van der Waals surface area contributed by atoms with Crippen molar-refractivity contribution in [3.63, 3.8) is 0 Å². The molecule has 0 fully saturated rings. The Kier molecular flexibility index (Phi) is 15.0. The molecule has 33 heavy (non-hydrogen) atoms. The summed E-state index contributed by atoms with van der Waals surface area (Å²) < 4.78 is 0. The molecule has 1 rings (SSSR count). The number of unbranched alkanes of at least 4 members (excludes halogenated alkanes) is 1. The molecule has 1 amide bonds. The van der Waals surface area contributed by atoms with Crippen molar-refractivity contribution in [2.24, 2.45) is 0 Å². The zero-order chi connectivity index (χ0) is 24.3. The lowest BCUT2D eigenvalue weighted by atomic mass is 10.1. The standard InChI is InChI=1S/C29H39NO3/c1-4-5-6-7-8-9-19-26-20-13-10-16-24(2)17-11-14-21-27(31)28(32)23-25(3)18-12-15-22-29(33)30-26/h6-18,21-23,26-28,31-32H,4-5,19-20H2,1-3H3,(H,30,33). The molecule has 0 radical (unpaired) electrons. The number of hydrogen-bond acceptors (Lipinski definition) is 3. The van der Waals surface area contributed by atoms with Crippen LogP contribution in [0.1, 0.15) is 46.5 Å². The van der Waals surface area contributed by atoms with Crippen molar-refractivity contribution in [2.75, 3.05) is 0 Å². The smallest absolute Gasteiger partial charge is 0.244 e.